The van der Waals surface area contributed by atoms with Gasteiger partial charge in [-0.25, -0.2) is 13.2 Å². The molecule has 1 heterocycles. The molecule has 28 heavy (non-hydrogen) atoms. The quantitative estimate of drug-likeness (QED) is 0.688. The first-order valence-electron chi connectivity index (χ1n) is 9.12. The highest BCUT2D eigenvalue weighted by atomic mass is 32.2. The predicted octanol–water partition coefficient (Wildman–Crippen LogP) is 2.38. The largest absolute Gasteiger partial charge is 0.497 e. The Morgan fingerprint density at radius 1 is 1.04 bits per heavy atom. The van der Waals surface area contributed by atoms with Crippen LogP contribution in [0.4, 0.5) is 5.69 Å². The Morgan fingerprint density at radius 3 is 2.43 bits per heavy atom. The number of rotatable bonds is 6. The molecule has 0 aromatic heterocycles. The maximum Gasteiger partial charge on any atom is 0.338 e. The molecular weight excluding hydrogens is 380 g/mol. The molecule has 0 N–H and O–H groups in total. The lowest BCUT2D eigenvalue weighted by molar-refractivity contribution is 0.0526. The molecule has 1 aliphatic rings. The number of carbonyl (C=O) groups is 1. The first-order valence-corrected chi connectivity index (χ1v) is 10.6. The Hall–Kier alpha value is -2.58. The van der Waals surface area contributed by atoms with Crippen molar-refractivity contribution in [1.82, 2.24) is 4.31 Å². The average molecular weight is 404 g/mol. The van der Waals surface area contributed by atoms with E-state index in [-0.39, 0.29) is 17.1 Å². The number of piperazine rings is 1. The van der Waals surface area contributed by atoms with Crippen LogP contribution in [0.5, 0.6) is 5.75 Å². The third kappa shape index (κ3) is 4.28. The molecule has 0 bridgehead atoms. The molecule has 0 radical (unpaired) electrons. The molecule has 0 aliphatic carbocycles. The second kappa shape index (κ2) is 8.62. The number of anilines is 1. The minimum Gasteiger partial charge on any atom is -0.497 e. The number of hydrogen-bond donors (Lipinski definition) is 0. The van der Waals surface area contributed by atoms with Gasteiger partial charge in [0.25, 0.3) is 0 Å². The number of esters is 1. The summed E-state index contributed by atoms with van der Waals surface area (Å²) >= 11 is 0. The maximum absolute atomic E-state index is 13.0. The van der Waals surface area contributed by atoms with Crippen LogP contribution < -0.4 is 9.64 Å². The van der Waals surface area contributed by atoms with E-state index in [0.717, 1.165) is 11.4 Å². The lowest BCUT2D eigenvalue weighted by Gasteiger charge is -2.35. The van der Waals surface area contributed by atoms with Gasteiger partial charge in [0, 0.05) is 37.9 Å². The number of methoxy groups -OCH3 is 1. The Kier molecular flexibility index (Phi) is 6.21. The summed E-state index contributed by atoms with van der Waals surface area (Å²) in [5.74, 6) is 0.241. The molecule has 2 aromatic carbocycles. The fraction of sp³-hybridized carbons (Fsp3) is 0.350. The predicted molar refractivity (Wildman–Crippen MR) is 106 cm³/mol. The number of carbonyl (C=O) groups excluding carboxylic acids is 1. The van der Waals surface area contributed by atoms with Crippen molar-refractivity contribution in [2.75, 3.05) is 44.8 Å². The lowest BCUT2D eigenvalue weighted by Crippen LogP contribution is -2.48. The molecule has 7 nitrogen and oxygen atoms in total. The van der Waals surface area contributed by atoms with E-state index in [4.69, 9.17) is 9.47 Å². The molecule has 1 aliphatic heterocycles. The molecule has 0 atom stereocenters. The van der Waals surface area contributed by atoms with Gasteiger partial charge in [0.15, 0.2) is 0 Å². The Balaban J connectivity index is 1.72. The first kappa shape index (κ1) is 20.2. The van der Waals surface area contributed by atoms with Crippen LogP contribution >= 0.6 is 0 Å². The summed E-state index contributed by atoms with van der Waals surface area (Å²) in [7, 11) is -2.06. The number of ether oxygens (including phenoxy) is 2. The van der Waals surface area contributed by atoms with Crippen LogP contribution in [0.15, 0.2) is 53.4 Å². The van der Waals surface area contributed by atoms with Gasteiger partial charge in [-0.3, -0.25) is 0 Å². The molecule has 1 fully saturated rings. The molecule has 3 rings (SSSR count). The van der Waals surface area contributed by atoms with Crippen molar-refractivity contribution in [1.29, 1.82) is 0 Å². The molecule has 0 saturated carbocycles. The summed E-state index contributed by atoms with van der Waals surface area (Å²) < 4.78 is 37.7. The number of benzene rings is 2. The number of nitrogens with zero attached hydrogens (tertiary/aromatic N) is 2. The summed E-state index contributed by atoms with van der Waals surface area (Å²) in [6.45, 7) is 3.82. The van der Waals surface area contributed by atoms with Gasteiger partial charge in [-0.15, -0.1) is 0 Å². The van der Waals surface area contributed by atoms with Crippen LogP contribution in [0, 0.1) is 0 Å². The van der Waals surface area contributed by atoms with Gasteiger partial charge in [-0.1, -0.05) is 12.1 Å². The molecule has 0 amide bonds. The van der Waals surface area contributed by atoms with E-state index in [0.29, 0.717) is 26.2 Å². The van der Waals surface area contributed by atoms with Gasteiger partial charge >= 0.3 is 5.97 Å². The molecule has 2 aromatic rings. The van der Waals surface area contributed by atoms with Crippen LogP contribution in [0.2, 0.25) is 0 Å². The van der Waals surface area contributed by atoms with Crippen LogP contribution in [0.1, 0.15) is 17.3 Å². The first-order chi connectivity index (χ1) is 13.5. The Labute approximate surface area is 165 Å². The normalized spacial score (nSPS) is 15.3. The SMILES string of the molecule is CCOC(=O)c1cccc(S(=O)(=O)N2CCN(c3cccc(OC)c3)CC2)c1. The average Bonchev–Trinajstić information content (AvgIpc) is 2.74. The molecule has 150 valence electrons. The smallest absolute Gasteiger partial charge is 0.338 e. The zero-order valence-electron chi connectivity index (χ0n) is 16.0. The van der Waals surface area contributed by atoms with Crippen LogP contribution in [0.25, 0.3) is 0 Å². The minimum absolute atomic E-state index is 0.105. The van der Waals surface area contributed by atoms with Crippen molar-refractivity contribution in [3.8, 4) is 5.75 Å². The van der Waals surface area contributed by atoms with Crippen LogP contribution in [-0.2, 0) is 14.8 Å². The van der Waals surface area contributed by atoms with Crippen molar-refractivity contribution in [2.45, 2.75) is 11.8 Å². The molecule has 8 heteroatoms. The highest BCUT2D eigenvalue weighted by Gasteiger charge is 2.29. The maximum atomic E-state index is 13.0. The van der Waals surface area contributed by atoms with E-state index >= 15 is 0 Å². The number of sulfonamides is 1. The van der Waals surface area contributed by atoms with Crippen LogP contribution in [0.3, 0.4) is 0 Å². The molecule has 1 saturated heterocycles. The summed E-state index contributed by atoms with van der Waals surface area (Å²) in [6, 6.07) is 13.7. The Bertz CT molecular complexity index is 937. The Morgan fingerprint density at radius 2 is 1.75 bits per heavy atom. The zero-order chi connectivity index (χ0) is 20.1. The lowest BCUT2D eigenvalue weighted by atomic mass is 10.2. The standard InChI is InChI=1S/C20H24N2O5S/c1-3-27-20(23)16-6-4-9-19(14-16)28(24,25)22-12-10-21(11-13-22)17-7-5-8-18(15-17)26-2/h4-9,14-15H,3,10-13H2,1-2H3. The summed E-state index contributed by atoms with van der Waals surface area (Å²) in [5.41, 5.74) is 1.23. The summed E-state index contributed by atoms with van der Waals surface area (Å²) in [5, 5.41) is 0. The van der Waals surface area contributed by atoms with Gasteiger partial charge in [-0.05, 0) is 37.3 Å². The highest BCUT2D eigenvalue weighted by molar-refractivity contribution is 7.89. The zero-order valence-corrected chi connectivity index (χ0v) is 16.8. The summed E-state index contributed by atoms with van der Waals surface area (Å²) in [4.78, 5) is 14.1. The van der Waals surface area contributed by atoms with Crippen molar-refractivity contribution >= 4 is 21.7 Å². The van der Waals surface area contributed by atoms with Crippen LogP contribution in [-0.4, -0.2) is 58.6 Å². The van der Waals surface area contributed by atoms with Crippen molar-refractivity contribution < 1.29 is 22.7 Å². The van der Waals surface area contributed by atoms with E-state index in [1.54, 1.807) is 26.2 Å². The van der Waals surface area contributed by atoms with Crippen molar-refractivity contribution in [2.24, 2.45) is 0 Å². The van der Waals surface area contributed by atoms with E-state index in [1.165, 1.54) is 16.4 Å². The molecule has 0 spiro atoms. The topological polar surface area (TPSA) is 76.2 Å². The third-order valence-electron chi connectivity index (χ3n) is 4.64. The second-order valence-corrected chi connectivity index (χ2v) is 8.28. The van der Waals surface area contributed by atoms with E-state index in [1.807, 2.05) is 24.3 Å². The fourth-order valence-corrected chi connectivity index (χ4v) is 4.61. The monoisotopic (exact) mass is 404 g/mol. The van der Waals surface area contributed by atoms with Gasteiger partial charge in [0.2, 0.25) is 10.0 Å². The van der Waals surface area contributed by atoms with Gasteiger partial charge in [0.1, 0.15) is 5.75 Å². The van der Waals surface area contributed by atoms with E-state index < -0.39 is 16.0 Å². The third-order valence-corrected chi connectivity index (χ3v) is 6.53. The van der Waals surface area contributed by atoms with Gasteiger partial charge < -0.3 is 14.4 Å². The van der Waals surface area contributed by atoms with E-state index in [2.05, 4.69) is 4.90 Å². The minimum atomic E-state index is -3.68. The van der Waals surface area contributed by atoms with Gasteiger partial charge in [-0.2, -0.15) is 4.31 Å². The number of hydrogen-bond acceptors (Lipinski definition) is 6. The van der Waals surface area contributed by atoms with E-state index in [9.17, 15) is 13.2 Å². The van der Waals surface area contributed by atoms with Crippen molar-refractivity contribution in [3.63, 3.8) is 0 Å². The van der Waals surface area contributed by atoms with Crippen molar-refractivity contribution in [3.05, 3.63) is 54.1 Å². The fourth-order valence-electron chi connectivity index (χ4n) is 3.14. The molecular formula is C20H24N2O5S. The summed E-state index contributed by atoms with van der Waals surface area (Å²) in [6.07, 6.45) is 0. The second-order valence-electron chi connectivity index (χ2n) is 6.34. The highest BCUT2D eigenvalue weighted by Crippen LogP contribution is 2.24. The molecule has 0 unspecified atom stereocenters. The van der Waals surface area contributed by atoms with Gasteiger partial charge in [0.05, 0.1) is 24.2 Å².